The van der Waals surface area contributed by atoms with Gasteiger partial charge >= 0.3 is 0 Å². The van der Waals surface area contributed by atoms with Gasteiger partial charge in [0.05, 0.1) is 12.2 Å². The SMILES string of the molecule is CCCNC1CC(OCC2CC2)C1OC. The molecule has 2 saturated carbocycles. The van der Waals surface area contributed by atoms with Crippen molar-refractivity contribution in [2.24, 2.45) is 5.92 Å². The first-order valence-electron chi connectivity index (χ1n) is 6.23. The molecule has 15 heavy (non-hydrogen) atoms. The van der Waals surface area contributed by atoms with Gasteiger partial charge in [-0.25, -0.2) is 0 Å². The Morgan fingerprint density at radius 1 is 1.33 bits per heavy atom. The summed E-state index contributed by atoms with van der Waals surface area (Å²) in [4.78, 5) is 0. The number of rotatable bonds is 7. The molecule has 3 atom stereocenters. The van der Waals surface area contributed by atoms with Crippen LogP contribution in [-0.2, 0) is 9.47 Å². The molecule has 3 unspecified atom stereocenters. The van der Waals surface area contributed by atoms with Crippen molar-refractivity contribution in [3.05, 3.63) is 0 Å². The Labute approximate surface area is 92.5 Å². The van der Waals surface area contributed by atoms with Crippen molar-refractivity contribution < 1.29 is 9.47 Å². The van der Waals surface area contributed by atoms with Gasteiger partial charge in [-0.05, 0) is 38.1 Å². The maximum atomic E-state index is 5.85. The highest BCUT2D eigenvalue weighted by Gasteiger charge is 2.42. The van der Waals surface area contributed by atoms with E-state index in [2.05, 4.69) is 12.2 Å². The molecule has 0 amide bonds. The van der Waals surface area contributed by atoms with Crippen LogP contribution in [0.5, 0.6) is 0 Å². The fourth-order valence-corrected chi connectivity index (χ4v) is 2.13. The Morgan fingerprint density at radius 3 is 2.73 bits per heavy atom. The molecular weight excluding hydrogens is 190 g/mol. The summed E-state index contributed by atoms with van der Waals surface area (Å²) in [6.45, 7) is 4.22. The largest absolute Gasteiger partial charge is 0.377 e. The number of hydrogen-bond acceptors (Lipinski definition) is 3. The van der Waals surface area contributed by atoms with E-state index in [1.165, 1.54) is 19.3 Å². The second-order valence-corrected chi connectivity index (χ2v) is 4.81. The predicted molar refractivity (Wildman–Crippen MR) is 60.0 cm³/mol. The van der Waals surface area contributed by atoms with Crippen LogP contribution in [0.2, 0.25) is 0 Å². The van der Waals surface area contributed by atoms with Crippen molar-refractivity contribution >= 4 is 0 Å². The molecule has 0 aliphatic heterocycles. The van der Waals surface area contributed by atoms with Gasteiger partial charge in [0, 0.05) is 19.8 Å². The van der Waals surface area contributed by atoms with Crippen LogP contribution in [0.1, 0.15) is 32.6 Å². The highest BCUT2D eigenvalue weighted by atomic mass is 16.5. The third-order valence-electron chi connectivity index (χ3n) is 3.42. The summed E-state index contributed by atoms with van der Waals surface area (Å²) in [6.07, 6.45) is 5.63. The summed E-state index contributed by atoms with van der Waals surface area (Å²) < 4.78 is 11.3. The van der Waals surface area contributed by atoms with E-state index in [-0.39, 0.29) is 6.10 Å². The summed E-state index contributed by atoms with van der Waals surface area (Å²) in [7, 11) is 1.79. The molecule has 2 aliphatic carbocycles. The minimum absolute atomic E-state index is 0.273. The van der Waals surface area contributed by atoms with Gasteiger partial charge in [-0.2, -0.15) is 0 Å². The first kappa shape index (κ1) is 11.4. The zero-order chi connectivity index (χ0) is 10.7. The second-order valence-electron chi connectivity index (χ2n) is 4.81. The van der Waals surface area contributed by atoms with Gasteiger partial charge in [0.15, 0.2) is 0 Å². The molecule has 3 nitrogen and oxygen atoms in total. The van der Waals surface area contributed by atoms with E-state index in [0.29, 0.717) is 12.1 Å². The topological polar surface area (TPSA) is 30.5 Å². The van der Waals surface area contributed by atoms with E-state index in [9.17, 15) is 0 Å². The second kappa shape index (κ2) is 5.28. The lowest BCUT2D eigenvalue weighted by Crippen LogP contribution is -2.60. The standard InChI is InChI=1S/C12H23NO2/c1-3-6-13-10-7-11(12(10)14-2)15-8-9-4-5-9/h9-13H,3-8H2,1-2H3. The third kappa shape index (κ3) is 2.92. The minimum atomic E-state index is 0.273. The normalized spacial score (nSPS) is 35.2. The van der Waals surface area contributed by atoms with Gasteiger partial charge in [0.1, 0.15) is 0 Å². The van der Waals surface area contributed by atoms with E-state index in [1.54, 1.807) is 7.11 Å². The number of hydrogen-bond donors (Lipinski definition) is 1. The zero-order valence-electron chi connectivity index (χ0n) is 9.87. The highest BCUT2D eigenvalue weighted by molar-refractivity contribution is 4.97. The maximum absolute atomic E-state index is 5.85. The first-order chi connectivity index (χ1) is 7.35. The Kier molecular flexibility index (Phi) is 4.00. The van der Waals surface area contributed by atoms with Crippen molar-refractivity contribution in [1.82, 2.24) is 5.32 Å². The van der Waals surface area contributed by atoms with Gasteiger partial charge in [0.2, 0.25) is 0 Å². The molecule has 2 fully saturated rings. The van der Waals surface area contributed by atoms with Crippen LogP contribution in [-0.4, -0.2) is 38.5 Å². The van der Waals surface area contributed by atoms with Crippen LogP contribution in [0.4, 0.5) is 0 Å². The molecule has 0 spiro atoms. The Bertz CT molecular complexity index is 194. The molecule has 0 aromatic carbocycles. The van der Waals surface area contributed by atoms with Gasteiger partial charge < -0.3 is 14.8 Å². The van der Waals surface area contributed by atoms with Gasteiger partial charge in [-0.15, -0.1) is 0 Å². The van der Waals surface area contributed by atoms with Crippen molar-refractivity contribution in [3.63, 3.8) is 0 Å². The van der Waals surface area contributed by atoms with Crippen LogP contribution in [0.25, 0.3) is 0 Å². The lowest BCUT2D eigenvalue weighted by molar-refractivity contribution is -0.135. The summed E-state index contributed by atoms with van der Waals surface area (Å²) >= 11 is 0. The molecule has 0 aromatic heterocycles. The summed E-state index contributed by atoms with van der Waals surface area (Å²) in [6, 6.07) is 0.513. The molecule has 3 heteroatoms. The average molecular weight is 213 g/mol. The van der Waals surface area contributed by atoms with E-state index in [1.807, 2.05) is 0 Å². The van der Waals surface area contributed by atoms with Crippen molar-refractivity contribution in [3.8, 4) is 0 Å². The quantitative estimate of drug-likeness (QED) is 0.696. The van der Waals surface area contributed by atoms with Crippen molar-refractivity contribution in [2.45, 2.75) is 50.9 Å². The summed E-state index contributed by atoms with van der Waals surface area (Å²) in [5.74, 6) is 0.852. The van der Waals surface area contributed by atoms with Crippen LogP contribution in [0, 0.1) is 5.92 Å². The van der Waals surface area contributed by atoms with Crippen molar-refractivity contribution in [1.29, 1.82) is 0 Å². The molecule has 0 heterocycles. The molecule has 0 radical (unpaired) electrons. The summed E-state index contributed by atoms with van der Waals surface area (Å²) in [5, 5.41) is 3.50. The van der Waals surface area contributed by atoms with Crippen LogP contribution in [0.3, 0.4) is 0 Å². The van der Waals surface area contributed by atoms with Crippen LogP contribution in [0.15, 0.2) is 0 Å². The first-order valence-corrected chi connectivity index (χ1v) is 6.23. The molecule has 0 aromatic rings. The smallest absolute Gasteiger partial charge is 0.0986 e. The number of methoxy groups -OCH3 is 1. The molecule has 88 valence electrons. The molecule has 0 bridgehead atoms. The average Bonchev–Trinajstić information content (AvgIpc) is 3.00. The van der Waals surface area contributed by atoms with E-state index in [4.69, 9.17) is 9.47 Å². The predicted octanol–water partition coefficient (Wildman–Crippen LogP) is 1.57. The lowest BCUT2D eigenvalue weighted by Gasteiger charge is -2.43. The van der Waals surface area contributed by atoms with E-state index < -0.39 is 0 Å². The van der Waals surface area contributed by atoms with Crippen LogP contribution >= 0.6 is 0 Å². The van der Waals surface area contributed by atoms with Crippen LogP contribution < -0.4 is 5.32 Å². The van der Waals surface area contributed by atoms with Gasteiger partial charge in [-0.3, -0.25) is 0 Å². The molecule has 1 N–H and O–H groups in total. The Hall–Kier alpha value is -0.120. The fourth-order valence-electron chi connectivity index (χ4n) is 2.13. The van der Waals surface area contributed by atoms with E-state index >= 15 is 0 Å². The lowest BCUT2D eigenvalue weighted by atomic mass is 9.85. The van der Waals surface area contributed by atoms with Crippen molar-refractivity contribution in [2.75, 3.05) is 20.3 Å². The molecular formula is C12H23NO2. The number of nitrogens with one attached hydrogen (secondary N) is 1. The highest BCUT2D eigenvalue weighted by Crippen LogP contribution is 2.33. The van der Waals surface area contributed by atoms with Gasteiger partial charge in [0.25, 0.3) is 0 Å². The van der Waals surface area contributed by atoms with Gasteiger partial charge in [-0.1, -0.05) is 6.92 Å². The Morgan fingerprint density at radius 2 is 2.13 bits per heavy atom. The third-order valence-corrected chi connectivity index (χ3v) is 3.42. The minimum Gasteiger partial charge on any atom is -0.377 e. The maximum Gasteiger partial charge on any atom is 0.0986 e. The fraction of sp³-hybridized carbons (Fsp3) is 1.00. The monoisotopic (exact) mass is 213 g/mol. The molecule has 2 rings (SSSR count). The zero-order valence-corrected chi connectivity index (χ0v) is 9.87. The Balaban J connectivity index is 1.64. The van der Waals surface area contributed by atoms with E-state index in [0.717, 1.165) is 25.5 Å². The molecule has 2 aliphatic rings. The molecule has 0 saturated heterocycles. The number of ether oxygens (including phenoxy) is 2. The summed E-state index contributed by atoms with van der Waals surface area (Å²) in [5.41, 5.74) is 0.